The summed E-state index contributed by atoms with van der Waals surface area (Å²) in [5.41, 5.74) is -0.355. The van der Waals surface area contributed by atoms with E-state index in [1.165, 1.54) is 12.1 Å². The summed E-state index contributed by atoms with van der Waals surface area (Å²) in [4.78, 5) is 1.70. The molecule has 17 heavy (non-hydrogen) atoms. The Balaban J connectivity index is 2.23. The van der Waals surface area contributed by atoms with E-state index in [0.29, 0.717) is 18.8 Å². The highest BCUT2D eigenvalue weighted by Gasteiger charge is 2.33. The zero-order valence-electron chi connectivity index (χ0n) is 9.22. The first-order valence-corrected chi connectivity index (χ1v) is 5.46. The fourth-order valence-electron chi connectivity index (χ4n) is 2.05. The van der Waals surface area contributed by atoms with Gasteiger partial charge in [0.05, 0.1) is 11.4 Å². The van der Waals surface area contributed by atoms with Crippen LogP contribution in [-0.2, 0) is 12.7 Å². The molecular formula is C12H13F3N2. The van der Waals surface area contributed by atoms with Crippen LogP contribution in [0, 0.1) is 5.41 Å². The molecule has 0 radical (unpaired) electrons. The summed E-state index contributed by atoms with van der Waals surface area (Å²) < 4.78 is 38.2. The second-order valence-corrected chi connectivity index (χ2v) is 4.13. The molecule has 1 fully saturated rings. The van der Waals surface area contributed by atoms with Crippen LogP contribution in [0.25, 0.3) is 0 Å². The van der Waals surface area contributed by atoms with E-state index < -0.39 is 11.7 Å². The minimum Gasteiger partial charge on any atom is -0.356 e. The fraction of sp³-hybridized carbons (Fsp3) is 0.417. The van der Waals surface area contributed by atoms with Crippen molar-refractivity contribution in [2.24, 2.45) is 0 Å². The molecule has 0 aromatic heterocycles. The number of amidine groups is 1. The van der Waals surface area contributed by atoms with E-state index in [2.05, 4.69) is 0 Å². The molecule has 0 aliphatic carbocycles. The van der Waals surface area contributed by atoms with Crippen LogP contribution in [0.5, 0.6) is 0 Å². The number of hydrogen-bond acceptors (Lipinski definition) is 1. The van der Waals surface area contributed by atoms with E-state index in [9.17, 15) is 13.2 Å². The van der Waals surface area contributed by atoms with Crippen molar-refractivity contribution in [2.75, 3.05) is 6.54 Å². The summed E-state index contributed by atoms with van der Waals surface area (Å²) in [6, 6.07) is 5.56. The molecule has 1 aliphatic heterocycles. The third kappa shape index (κ3) is 2.60. The molecule has 0 spiro atoms. The number of rotatable bonds is 2. The van der Waals surface area contributed by atoms with Gasteiger partial charge in [0.2, 0.25) is 0 Å². The Labute approximate surface area is 97.6 Å². The highest BCUT2D eigenvalue weighted by atomic mass is 19.4. The maximum absolute atomic E-state index is 12.7. The third-order valence-electron chi connectivity index (χ3n) is 2.91. The van der Waals surface area contributed by atoms with Crippen molar-refractivity contribution in [3.05, 3.63) is 35.4 Å². The number of likely N-dealkylation sites (tertiary alicyclic amines) is 1. The van der Waals surface area contributed by atoms with Gasteiger partial charge in [-0.15, -0.1) is 0 Å². The Morgan fingerprint density at radius 3 is 2.53 bits per heavy atom. The molecule has 1 aromatic carbocycles. The highest BCUT2D eigenvalue weighted by molar-refractivity contribution is 5.80. The van der Waals surface area contributed by atoms with Crippen molar-refractivity contribution < 1.29 is 13.2 Å². The maximum Gasteiger partial charge on any atom is 0.416 e. The Hall–Kier alpha value is -1.52. The van der Waals surface area contributed by atoms with Gasteiger partial charge in [0, 0.05) is 19.5 Å². The first-order chi connectivity index (χ1) is 7.98. The summed E-state index contributed by atoms with van der Waals surface area (Å²) in [6.07, 6.45) is -2.81. The zero-order valence-corrected chi connectivity index (χ0v) is 9.22. The molecule has 0 atom stereocenters. The van der Waals surface area contributed by atoms with Crippen molar-refractivity contribution in [1.82, 2.24) is 4.90 Å². The standard InChI is InChI=1S/C12H13F3N2/c13-12(14,15)10-5-2-1-4-9(10)8-17-7-3-6-11(17)16/h1-2,4-5,16H,3,6-8H2. The van der Waals surface area contributed by atoms with E-state index in [-0.39, 0.29) is 12.1 Å². The first kappa shape index (κ1) is 12.0. The number of hydrogen-bond donors (Lipinski definition) is 1. The molecular weight excluding hydrogens is 229 g/mol. The second kappa shape index (κ2) is 4.39. The van der Waals surface area contributed by atoms with Gasteiger partial charge in [-0.3, -0.25) is 5.41 Å². The Morgan fingerprint density at radius 2 is 1.94 bits per heavy atom. The van der Waals surface area contributed by atoms with E-state index in [4.69, 9.17) is 5.41 Å². The van der Waals surface area contributed by atoms with Gasteiger partial charge >= 0.3 is 6.18 Å². The van der Waals surface area contributed by atoms with Crippen LogP contribution in [-0.4, -0.2) is 17.3 Å². The summed E-state index contributed by atoms with van der Waals surface area (Å²) in [5.74, 6) is 0.432. The number of nitrogens with zero attached hydrogens (tertiary/aromatic N) is 1. The third-order valence-corrected chi connectivity index (χ3v) is 2.91. The molecule has 1 N–H and O–H groups in total. The zero-order chi connectivity index (χ0) is 12.5. The van der Waals surface area contributed by atoms with Crippen LogP contribution >= 0.6 is 0 Å². The molecule has 1 saturated heterocycles. The molecule has 1 heterocycles. The van der Waals surface area contributed by atoms with Gasteiger partial charge in [-0.2, -0.15) is 13.2 Å². The van der Waals surface area contributed by atoms with Gasteiger partial charge < -0.3 is 4.90 Å². The summed E-state index contributed by atoms with van der Waals surface area (Å²) in [6.45, 7) is 0.847. The molecule has 0 saturated carbocycles. The predicted molar refractivity (Wildman–Crippen MR) is 58.8 cm³/mol. The van der Waals surface area contributed by atoms with Gasteiger partial charge in [0.15, 0.2) is 0 Å². The van der Waals surface area contributed by atoms with E-state index >= 15 is 0 Å². The molecule has 1 aliphatic rings. The van der Waals surface area contributed by atoms with Gasteiger partial charge in [0.25, 0.3) is 0 Å². The lowest BCUT2D eigenvalue weighted by atomic mass is 10.1. The van der Waals surface area contributed by atoms with Crippen molar-refractivity contribution >= 4 is 5.84 Å². The lowest BCUT2D eigenvalue weighted by molar-refractivity contribution is -0.138. The minimum absolute atomic E-state index is 0.175. The molecule has 2 rings (SSSR count). The number of halogens is 3. The smallest absolute Gasteiger partial charge is 0.356 e. The average molecular weight is 242 g/mol. The first-order valence-electron chi connectivity index (χ1n) is 5.46. The van der Waals surface area contributed by atoms with Crippen molar-refractivity contribution in [1.29, 1.82) is 5.41 Å². The van der Waals surface area contributed by atoms with Gasteiger partial charge in [0.1, 0.15) is 0 Å². The molecule has 0 bridgehead atoms. The van der Waals surface area contributed by atoms with Gasteiger partial charge in [-0.05, 0) is 18.1 Å². The molecule has 0 amide bonds. The molecule has 92 valence electrons. The summed E-state index contributed by atoms with van der Waals surface area (Å²) in [5, 5.41) is 7.63. The van der Waals surface area contributed by atoms with Crippen molar-refractivity contribution in [3.63, 3.8) is 0 Å². The lowest BCUT2D eigenvalue weighted by Crippen LogP contribution is -2.25. The fourth-order valence-corrected chi connectivity index (χ4v) is 2.05. The van der Waals surface area contributed by atoms with Crippen LogP contribution in [0.15, 0.2) is 24.3 Å². The normalized spacial score (nSPS) is 16.6. The predicted octanol–water partition coefficient (Wildman–Crippen LogP) is 3.28. The van der Waals surface area contributed by atoms with Crippen LogP contribution < -0.4 is 0 Å². The SMILES string of the molecule is N=C1CCCN1Cc1ccccc1C(F)(F)F. The average Bonchev–Trinajstić information content (AvgIpc) is 2.64. The summed E-state index contributed by atoms with van der Waals surface area (Å²) >= 11 is 0. The second-order valence-electron chi connectivity index (χ2n) is 4.13. The van der Waals surface area contributed by atoms with Crippen LogP contribution in [0.4, 0.5) is 13.2 Å². The topological polar surface area (TPSA) is 27.1 Å². The van der Waals surface area contributed by atoms with E-state index in [1.807, 2.05) is 0 Å². The van der Waals surface area contributed by atoms with Crippen LogP contribution in [0.3, 0.4) is 0 Å². The quantitative estimate of drug-likeness (QED) is 0.846. The molecule has 5 heteroatoms. The lowest BCUT2D eigenvalue weighted by Gasteiger charge is -2.20. The molecule has 1 aromatic rings. The Bertz CT molecular complexity index is 426. The van der Waals surface area contributed by atoms with Crippen LogP contribution in [0.2, 0.25) is 0 Å². The van der Waals surface area contributed by atoms with Crippen molar-refractivity contribution in [3.8, 4) is 0 Å². The summed E-state index contributed by atoms with van der Waals surface area (Å²) in [7, 11) is 0. The monoisotopic (exact) mass is 242 g/mol. The highest BCUT2D eigenvalue weighted by Crippen LogP contribution is 2.32. The van der Waals surface area contributed by atoms with E-state index in [1.54, 1.807) is 11.0 Å². The maximum atomic E-state index is 12.7. The number of nitrogens with one attached hydrogen (secondary N) is 1. The van der Waals surface area contributed by atoms with Crippen LogP contribution in [0.1, 0.15) is 24.0 Å². The molecule has 0 unspecified atom stereocenters. The number of benzene rings is 1. The largest absolute Gasteiger partial charge is 0.416 e. The van der Waals surface area contributed by atoms with E-state index in [0.717, 1.165) is 12.5 Å². The Morgan fingerprint density at radius 1 is 1.24 bits per heavy atom. The van der Waals surface area contributed by atoms with Gasteiger partial charge in [-0.1, -0.05) is 18.2 Å². The van der Waals surface area contributed by atoms with Crippen molar-refractivity contribution in [2.45, 2.75) is 25.6 Å². The minimum atomic E-state index is -4.32. The molecule has 2 nitrogen and oxygen atoms in total. The van der Waals surface area contributed by atoms with Gasteiger partial charge in [-0.25, -0.2) is 0 Å². The number of alkyl halides is 3. The Kier molecular flexibility index (Phi) is 3.09.